The summed E-state index contributed by atoms with van der Waals surface area (Å²) in [6.45, 7) is 6.65. The topological polar surface area (TPSA) is 78.8 Å². The number of nitrogens with zero attached hydrogens (tertiary/aromatic N) is 5. The molecular weight excluding hydrogens is 370 g/mol. The Morgan fingerprint density at radius 2 is 1.83 bits per heavy atom. The first-order valence-corrected chi connectivity index (χ1v) is 10.8. The molecule has 1 aromatic rings. The SMILES string of the molecule is Cc1cnn(CC(=O)N2CCC(CN3CC(C(=O)N4CCCC4)CC3=O)CC2)c1. The lowest BCUT2D eigenvalue weighted by molar-refractivity contribution is -0.134. The van der Waals surface area contributed by atoms with Gasteiger partial charge >= 0.3 is 0 Å². The smallest absolute Gasteiger partial charge is 0.244 e. The lowest BCUT2D eigenvalue weighted by Gasteiger charge is -2.34. The van der Waals surface area contributed by atoms with Crippen LogP contribution in [0.25, 0.3) is 0 Å². The number of carbonyl (C=O) groups excluding carboxylic acids is 3. The quantitative estimate of drug-likeness (QED) is 0.734. The number of amides is 3. The van der Waals surface area contributed by atoms with Gasteiger partial charge in [0.05, 0.1) is 12.1 Å². The molecule has 0 radical (unpaired) electrons. The van der Waals surface area contributed by atoms with E-state index in [1.165, 1.54) is 0 Å². The lowest BCUT2D eigenvalue weighted by atomic mass is 9.96. The Labute approximate surface area is 171 Å². The van der Waals surface area contributed by atoms with Gasteiger partial charge in [-0.1, -0.05) is 0 Å². The van der Waals surface area contributed by atoms with Crippen molar-refractivity contribution in [3.05, 3.63) is 18.0 Å². The van der Waals surface area contributed by atoms with Crippen LogP contribution >= 0.6 is 0 Å². The van der Waals surface area contributed by atoms with E-state index < -0.39 is 0 Å². The number of likely N-dealkylation sites (tertiary alicyclic amines) is 3. The first-order valence-electron chi connectivity index (χ1n) is 10.8. The van der Waals surface area contributed by atoms with Crippen LogP contribution in [0.2, 0.25) is 0 Å². The van der Waals surface area contributed by atoms with Crippen molar-refractivity contribution in [2.75, 3.05) is 39.3 Å². The molecule has 8 nitrogen and oxygen atoms in total. The second kappa shape index (κ2) is 8.55. The highest BCUT2D eigenvalue weighted by Crippen LogP contribution is 2.26. The highest BCUT2D eigenvalue weighted by molar-refractivity contribution is 5.89. The van der Waals surface area contributed by atoms with Crippen molar-refractivity contribution < 1.29 is 14.4 Å². The van der Waals surface area contributed by atoms with Crippen LogP contribution in [0.4, 0.5) is 0 Å². The van der Waals surface area contributed by atoms with Gasteiger partial charge in [-0.15, -0.1) is 0 Å². The molecule has 0 saturated carbocycles. The maximum absolute atomic E-state index is 12.6. The van der Waals surface area contributed by atoms with Crippen LogP contribution in [-0.4, -0.2) is 81.5 Å². The van der Waals surface area contributed by atoms with Crippen molar-refractivity contribution in [3.63, 3.8) is 0 Å². The van der Waals surface area contributed by atoms with E-state index in [4.69, 9.17) is 0 Å². The summed E-state index contributed by atoms with van der Waals surface area (Å²) >= 11 is 0. The fourth-order valence-electron chi connectivity index (χ4n) is 4.78. The van der Waals surface area contributed by atoms with Crippen molar-refractivity contribution in [1.29, 1.82) is 0 Å². The molecule has 3 aliphatic heterocycles. The van der Waals surface area contributed by atoms with Gasteiger partial charge in [-0.3, -0.25) is 19.1 Å². The van der Waals surface area contributed by atoms with Gasteiger partial charge in [0, 0.05) is 51.9 Å². The minimum atomic E-state index is -0.167. The largest absolute Gasteiger partial charge is 0.342 e. The van der Waals surface area contributed by atoms with Crippen LogP contribution < -0.4 is 0 Å². The Kier molecular flexibility index (Phi) is 5.87. The minimum absolute atomic E-state index is 0.0973. The number of hydrogen-bond donors (Lipinski definition) is 0. The Hall–Kier alpha value is -2.38. The van der Waals surface area contributed by atoms with E-state index in [2.05, 4.69) is 5.10 Å². The molecule has 3 amide bonds. The number of piperidine rings is 1. The van der Waals surface area contributed by atoms with Crippen LogP contribution in [0.3, 0.4) is 0 Å². The summed E-state index contributed by atoms with van der Waals surface area (Å²) in [6.07, 6.45) is 7.95. The van der Waals surface area contributed by atoms with Crippen LogP contribution in [0, 0.1) is 18.8 Å². The van der Waals surface area contributed by atoms with Crippen molar-refractivity contribution >= 4 is 17.7 Å². The maximum Gasteiger partial charge on any atom is 0.244 e. The summed E-state index contributed by atoms with van der Waals surface area (Å²) in [5.74, 6) is 0.596. The number of aryl methyl sites for hydroxylation is 1. The normalized spacial score (nSPS) is 23.3. The van der Waals surface area contributed by atoms with Crippen LogP contribution in [-0.2, 0) is 20.9 Å². The van der Waals surface area contributed by atoms with Gasteiger partial charge in [-0.05, 0) is 44.1 Å². The van der Waals surface area contributed by atoms with Gasteiger partial charge < -0.3 is 14.7 Å². The molecule has 29 heavy (non-hydrogen) atoms. The summed E-state index contributed by atoms with van der Waals surface area (Å²) in [4.78, 5) is 43.2. The Morgan fingerprint density at radius 3 is 2.48 bits per heavy atom. The fourth-order valence-corrected chi connectivity index (χ4v) is 4.78. The standard InChI is InChI=1S/C21H31N5O3/c1-16-11-22-26(12-16)15-20(28)23-8-4-17(5-9-23)13-25-14-18(10-19(25)27)21(29)24-6-2-3-7-24/h11-12,17-18H,2-10,13-15H2,1H3. The number of carbonyl (C=O) groups is 3. The second-order valence-corrected chi connectivity index (χ2v) is 8.77. The van der Waals surface area contributed by atoms with Crippen molar-refractivity contribution in [1.82, 2.24) is 24.5 Å². The van der Waals surface area contributed by atoms with Crippen molar-refractivity contribution in [2.24, 2.45) is 11.8 Å². The number of aromatic nitrogens is 2. The Morgan fingerprint density at radius 1 is 1.10 bits per heavy atom. The van der Waals surface area contributed by atoms with Gasteiger partial charge in [-0.2, -0.15) is 5.10 Å². The monoisotopic (exact) mass is 401 g/mol. The van der Waals surface area contributed by atoms with Crippen molar-refractivity contribution in [3.8, 4) is 0 Å². The molecule has 0 bridgehead atoms. The molecule has 3 aliphatic rings. The third kappa shape index (κ3) is 4.62. The third-order valence-corrected chi connectivity index (χ3v) is 6.49. The van der Waals surface area contributed by atoms with E-state index >= 15 is 0 Å². The summed E-state index contributed by atoms with van der Waals surface area (Å²) in [6, 6.07) is 0. The van der Waals surface area contributed by atoms with E-state index in [0.717, 1.165) is 57.4 Å². The number of rotatable bonds is 5. The van der Waals surface area contributed by atoms with Gasteiger partial charge in [0.15, 0.2) is 0 Å². The van der Waals surface area contributed by atoms with Crippen LogP contribution in [0.15, 0.2) is 12.4 Å². The van der Waals surface area contributed by atoms with Crippen molar-refractivity contribution in [2.45, 2.75) is 45.6 Å². The predicted octanol–water partition coefficient (Wildman–Crippen LogP) is 0.901. The Bertz CT molecular complexity index is 762. The van der Waals surface area contributed by atoms with E-state index in [1.807, 2.05) is 27.8 Å². The first kappa shape index (κ1) is 19.9. The molecule has 3 fully saturated rings. The third-order valence-electron chi connectivity index (χ3n) is 6.49. The van der Waals surface area contributed by atoms with Gasteiger partial charge in [0.1, 0.15) is 6.54 Å². The summed E-state index contributed by atoms with van der Waals surface area (Å²) in [7, 11) is 0. The zero-order valence-corrected chi connectivity index (χ0v) is 17.3. The highest BCUT2D eigenvalue weighted by atomic mass is 16.2. The molecule has 158 valence electrons. The molecular formula is C21H31N5O3. The van der Waals surface area contributed by atoms with Gasteiger partial charge in [0.25, 0.3) is 0 Å². The van der Waals surface area contributed by atoms with Crippen LogP contribution in [0.1, 0.15) is 37.7 Å². The summed E-state index contributed by atoms with van der Waals surface area (Å²) in [5.41, 5.74) is 1.05. The molecule has 1 atom stereocenters. The van der Waals surface area contributed by atoms with E-state index in [9.17, 15) is 14.4 Å². The van der Waals surface area contributed by atoms with Gasteiger partial charge in [-0.25, -0.2) is 0 Å². The second-order valence-electron chi connectivity index (χ2n) is 8.77. The van der Waals surface area contributed by atoms with E-state index in [1.54, 1.807) is 10.9 Å². The summed E-state index contributed by atoms with van der Waals surface area (Å²) < 4.78 is 1.68. The predicted molar refractivity (Wildman–Crippen MR) is 107 cm³/mol. The average molecular weight is 402 g/mol. The molecule has 4 heterocycles. The molecule has 8 heteroatoms. The Balaban J connectivity index is 1.22. The molecule has 1 unspecified atom stereocenters. The fraction of sp³-hybridized carbons (Fsp3) is 0.714. The molecule has 0 N–H and O–H groups in total. The number of hydrogen-bond acceptors (Lipinski definition) is 4. The van der Waals surface area contributed by atoms with E-state index in [0.29, 0.717) is 25.4 Å². The molecule has 4 rings (SSSR count). The van der Waals surface area contributed by atoms with Crippen LogP contribution in [0.5, 0.6) is 0 Å². The first-order chi connectivity index (χ1) is 14.0. The average Bonchev–Trinajstić information content (AvgIpc) is 3.45. The molecule has 0 aliphatic carbocycles. The van der Waals surface area contributed by atoms with E-state index in [-0.39, 0.29) is 30.2 Å². The highest BCUT2D eigenvalue weighted by Gasteiger charge is 2.38. The summed E-state index contributed by atoms with van der Waals surface area (Å²) in [5, 5.41) is 4.19. The zero-order valence-electron chi connectivity index (χ0n) is 17.3. The zero-order chi connectivity index (χ0) is 20.4. The molecule has 3 saturated heterocycles. The molecule has 1 aromatic heterocycles. The molecule has 0 spiro atoms. The maximum atomic E-state index is 12.6. The minimum Gasteiger partial charge on any atom is -0.342 e. The molecule has 0 aromatic carbocycles. The van der Waals surface area contributed by atoms with Gasteiger partial charge in [0.2, 0.25) is 17.7 Å². The lowest BCUT2D eigenvalue weighted by Crippen LogP contribution is -2.43.